The zero-order chi connectivity index (χ0) is 14.5. The molecule has 0 saturated heterocycles. The van der Waals surface area contributed by atoms with Crippen LogP contribution in [0.1, 0.15) is 33.3 Å². The van der Waals surface area contributed by atoms with E-state index in [0.717, 1.165) is 0 Å². The molecule has 0 unspecified atom stereocenters. The van der Waals surface area contributed by atoms with E-state index in [1.165, 1.54) is 25.3 Å². The first-order valence-electron chi connectivity index (χ1n) is 5.89. The number of carbonyl (C=O) groups excluding carboxylic acids is 2. The van der Waals surface area contributed by atoms with E-state index in [0.29, 0.717) is 16.8 Å². The summed E-state index contributed by atoms with van der Waals surface area (Å²) in [6.07, 6.45) is 1.33. The van der Waals surface area contributed by atoms with Gasteiger partial charge >= 0.3 is 0 Å². The summed E-state index contributed by atoms with van der Waals surface area (Å²) >= 11 is 0. The van der Waals surface area contributed by atoms with Crippen molar-refractivity contribution >= 4 is 17.4 Å². The lowest BCUT2D eigenvalue weighted by Gasteiger charge is -2.08. The van der Waals surface area contributed by atoms with Crippen molar-refractivity contribution in [3.05, 3.63) is 59.4 Å². The van der Waals surface area contributed by atoms with Crippen molar-refractivity contribution in [2.75, 3.05) is 5.32 Å². The first-order valence-corrected chi connectivity index (χ1v) is 5.89. The van der Waals surface area contributed by atoms with Crippen LogP contribution < -0.4 is 5.32 Å². The fourth-order valence-electron chi connectivity index (χ4n) is 1.68. The summed E-state index contributed by atoms with van der Waals surface area (Å²) in [5, 5.41) is 11.3. The van der Waals surface area contributed by atoms with Crippen molar-refractivity contribution in [3.63, 3.8) is 0 Å². The molecule has 1 aromatic heterocycles. The largest absolute Gasteiger partial charge is 0.320 e. The van der Waals surface area contributed by atoms with Crippen LogP contribution in [-0.2, 0) is 0 Å². The maximum absolute atomic E-state index is 12.0. The summed E-state index contributed by atoms with van der Waals surface area (Å²) in [4.78, 5) is 27.4. The standard InChI is InChI=1S/C15H11N3O2/c1-10(19)12-4-2-3-5-13(12)18-15(20)14-7-6-11(8-16)9-17-14/h2-7,9H,1H3,(H,18,20). The van der Waals surface area contributed by atoms with Gasteiger partial charge in [0, 0.05) is 11.8 Å². The molecular formula is C15H11N3O2. The van der Waals surface area contributed by atoms with Gasteiger partial charge in [-0.05, 0) is 31.2 Å². The van der Waals surface area contributed by atoms with Crippen LogP contribution in [0.2, 0.25) is 0 Å². The number of benzene rings is 1. The molecule has 5 heteroatoms. The van der Waals surface area contributed by atoms with Gasteiger partial charge in [-0.1, -0.05) is 12.1 Å². The minimum atomic E-state index is -0.428. The average Bonchev–Trinajstić information content (AvgIpc) is 2.47. The highest BCUT2D eigenvalue weighted by Crippen LogP contribution is 2.16. The molecule has 5 nitrogen and oxygen atoms in total. The van der Waals surface area contributed by atoms with Crippen LogP contribution in [0.5, 0.6) is 0 Å². The number of pyridine rings is 1. The monoisotopic (exact) mass is 265 g/mol. The predicted octanol–water partition coefficient (Wildman–Crippen LogP) is 2.41. The van der Waals surface area contributed by atoms with Crippen LogP contribution in [0.3, 0.4) is 0 Å². The first kappa shape index (κ1) is 13.4. The van der Waals surface area contributed by atoms with Gasteiger partial charge in [-0.2, -0.15) is 5.26 Å². The van der Waals surface area contributed by atoms with Gasteiger partial charge in [0.2, 0.25) is 0 Å². The average molecular weight is 265 g/mol. The fraction of sp³-hybridized carbons (Fsp3) is 0.0667. The van der Waals surface area contributed by atoms with E-state index in [1.807, 2.05) is 6.07 Å². The number of carbonyl (C=O) groups is 2. The zero-order valence-corrected chi connectivity index (χ0v) is 10.8. The number of anilines is 1. The first-order chi connectivity index (χ1) is 9.61. The minimum absolute atomic E-state index is 0.131. The number of rotatable bonds is 3. The van der Waals surface area contributed by atoms with Gasteiger partial charge < -0.3 is 5.32 Å². The molecule has 2 aromatic rings. The van der Waals surface area contributed by atoms with Gasteiger partial charge in [0.1, 0.15) is 11.8 Å². The molecule has 98 valence electrons. The number of amides is 1. The number of hydrogen-bond donors (Lipinski definition) is 1. The van der Waals surface area contributed by atoms with Crippen LogP contribution in [0.4, 0.5) is 5.69 Å². The Bertz CT molecular complexity index is 700. The minimum Gasteiger partial charge on any atom is -0.320 e. The Morgan fingerprint density at radius 2 is 1.95 bits per heavy atom. The van der Waals surface area contributed by atoms with Crippen LogP contribution in [0.15, 0.2) is 42.6 Å². The molecular weight excluding hydrogens is 254 g/mol. The number of nitrogens with one attached hydrogen (secondary N) is 1. The van der Waals surface area contributed by atoms with Crippen LogP contribution in [0.25, 0.3) is 0 Å². The van der Waals surface area contributed by atoms with Crippen LogP contribution in [-0.4, -0.2) is 16.7 Å². The molecule has 0 bridgehead atoms. The second-order valence-corrected chi connectivity index (χ2v) is 4.10. The molecule has 1 aromatic carbocycles. The van der Waals surface area contributed by atoms with Crippen LogP contribution >= 0.6 is 0 Å². The summed E-state index contributed by atoms with van der Waals surface area (Å²) < 4.78 is 0. The molecule has 20 heavy (non-hydrogen) atoms. The Morgan fingerprint density at radius 3 is 2.55 bits per heavy atom. The zero-order valence-electron chi connectivity index (χ0n) is 10.8. The molecule has 0 radical (unpaired) electrons. The highest BCUT2D eigenvalue weighted by Gasteiger charge is 2.12. The van der Waals surface area contributed by atoms with Gasteiger partial charge in [0.25, 0.3) is 5.91 Å². The van der Waals surface area contributed by atoms with Crippen molar-refractivity contribution < 1.29 is 9.59 Å². The molecule has 0 fully saturated rings. The highest BCUT2D eigenvalue weighted by atomic mass is 16.2. The molecule has 0 saturated carbocycles. The summed E-state index contributed by atoms with van der Waals surface area (Å²) in [5.74, 6) is -0.558. The summed E-state index contributed by atoms with van der Waals surface area (Å²) in [6, 6.07) is 11.7. The Morgan fingerprint density at radius 1 is 1.20 bits per heavy atom. The highest BCUT2D eigenvalue weighted by molar-refractivity contribution is 6.08. The molecule has 0 aliphatic heterocycles. The van der Waals surface area contributed by atoms with Crippen LogP contribution in [0, 0.1) is 11.3 Å². The molecule has 0 aliphatic rings. The number of Topliss-reactive ketones (excluding diaryl/α,β-unsaturated/α-hetero) is 1. The van der Waals surface area contributed by atoms with E-state index in [2.05, 4.69) is 10.3 Å². The lowest BCUT2D eigenvalue weighted by molar-refractivity contribution is 0.101. The van der Waals surface area contributed by atoms with Gasteiger partial charge in [0.15, 0.2) is 5.78 Å². The van der Waals surface area contributed by atoms with Gasteiger partial charge in [0.05, 0.1) is 11.3 Å². The number of nitriles is 1. The lowest BCUT2D eigenvalue weighted by atomic mass is 10.1. The number of ketones is 1. The Labute approximate surface area is 115 Å². The number of aromatic nitrogens is 1. The topological polar surface area (TPSA) is 82.9 Å². The van der Waals surface area contributed by atoms with Crippen molar-refractivity contribution in [1.29, 1.82) is 5.26 Å². The molecule has 0 spiro atoms. The molecule has 1 amide bonds. The fourth-order valence-corrected chi connectivity index (χ4v) is 1.68. The molecule has 2 rings (SSSR count). The summed E-state index contributed by atoms with van der Waals surface area (Å²) in [5.41, 5.74) is 1.44. The number of hydrogen-bond acceptors (Lipinski definition) is 4. The predicted molar refractivity (Wildman–Crippen MR) is 73.4 cm³/mol. The van der Waals surface area contributed by atoms with Gasteiger partial charge in [-0.3, -0.25) is 9.59 Å². The Hall–Kier alpha value is -3.00. The number of para-hydroxylation sites is 1. The SMILES string of the molecule is CC(=O)c1ccccc1NC(=O)c1ccc(C#N)cn1. The van der Waals surface area contributed by atoms with E-state index in [9.17, 15) is 9.59 Å². The third-order valence-electron chi connectivity index (χ3n) is 2.68. The summed E-state index contributed by atoms with van der Waals surface area (Å²) in [7, 11) is 0. The normalized spacial score (nSPS) is 9.60. The van der Waals surface area contributed by atoms with E-state index in [-0.39, 0.29) is 11.5 Å². The third-order valence-corrected chi connectivity index (χ3v) is 2.68. The quantitative estimate of drug-likeness (QED) is 0.864. The van der Waals surface area contributed by atoms with Crippen molar-refractivity contribution in [2.45, 2.75) is 6.92 Å². The van der Waals surface area contributed by atoms with Crippen molar-refractivity contribution in [3.8, 4) is 6.07 Å². The molecule has 0 atom stereocenters. The van der Waals surface area contributed by atoms with Crippen molar-refractivity contribution in [2.24, 2.45) is 0 Å². The maximum atomic E-state index is 12.0. The lowest BCUT2D eigenvalue weighted by Crippen LogP contribution is -2.15. The van der Waals surface area contributed by atoms with Gasteiger partial charge in [-0.15, -0.1) is 0 Å². The maximum Gasteiger partial charge on any atom is 0.274 e. The second kappa shape index (κ2) is 5.76. The van der Waals surface area contributed by atoms with E-state index >= 15 is 0 Å². The van der Waals surface area contributed by atoms with E-state index in [1.54, 1.807) is 24.3 Å². The second-order valence-electron chi connectivity index (χ2n) is 4.10. The molecule has 0 aliphatic carbocycles. The third kappa shape index (κ3) is 2.87. The molecule has 1 heterocycles. The Kier molecular flexibility index (Phi) is 3.87. The molecule has 1 N–H and O–H groups in total. The van der Waals surface area contributed by atoms with Crippen molar-refractivity contribution in [1.82, 2.24) is 4.98 Å². The summed E-state index contributed by atoms with van der Waals surface area (Å²) in [6.45, 7) is 1.44. The van der Waals surface area contributed by atoms with Gasteiger partial charge in [-0.25, -0.2) is 4.98 Å². The van der Waals surface area contributed by atoms with E-state index < -0.39 is 5.91 Å². The Balaban J connectivity index is 2.23. The smallest absolute Gasteiger partial charge is 0.274 e. The number of nitrogens with zero attached hydrogens (tertiary/aromatic N) is 2. The van der Waals surface area contributed by atoms with E-state index in [4.69, 9.17) is 5.26 Å².